The number of hydrogen-bond acceptors (Lipinski definition) is 3. The molecule has 0 atom stereocenters. The van der Waals surface area contributed by atoms with Crippen LogP contribution in [0.2, 0.25) is 0 Å². The van der Waals surface area contributed by atoms with E-state index in [1.165, 1.54) is 31.4 Å². The third-order valence-electron chi connectivity index (χ3n) is 3.15. The Morgan fingerprint density at radius 3 is 2.68 bits per heavy atom. The lowest BCUT2D eigenvalue weighted by molar-refractivity contribution is 0.0428. The van der Waals surface area contributed by atoms with E-state index >= 15 is 0 Å². The molecule has 1 aromatic carbocycles. The van der Waals surface area contributed by atoms with Crippen LogP contribution in [0.15, 0.2) is 30.3 Å². The Kier molecular flexibility index (Phi) is 2.29. The van der Waals surface area contributed by atoms with Crippen LogP contribution in [0.3, 0.4) is 0 Å². The van der Waals surface area contributed by atoms with Crippen molar-refractivity contribution in [2.24, 2.45) is 0 Å². The van der Waals surface area contributed by atoms with E-state index in [0.717, 1.165) is 0 Å². The van der Waals surface area contributed by atoms with Gasteiger partial charge in [0.05, 0.1) is 18.7 Å². The summed E-state index contributed by atoms with van der Waals surface area (Å²) >= 11 is 0. The van der Waals surface area contributed by atoms with Gasteiger partial charge in [-0.05, 0) is 23.8 Å². The van der Waals surface area contributed by atoms with Crippen LogP contribution in [0.1, 0.15) is 16.8 Å². The van der Waals surface area contributed by atoms with Gasteiger partial charge in [0.15, 0.2) is 0 Å². The van der Waals surface area contributed by atoms with Gasteiger partial charge < -0.3 is 4.74 Å². The summed E-state index contributed by atoms with van der Waals surface area (Å²) in [5.41, 5.74) is 0.601. The number of alkyl halides is 2. The molecule has 0 saturated heterocycles. The molecule has 0 unspecified atom stereocenters. The maximum absolute atomic E-state index is 14.3. The van der Waals surface area contributed by atoms with E-state index in [9.17, 15) is 8.78 Å². The Bertz CT molecular complexity index is 720. The summed E-state index contributed by atoms with van der Waals surface area (Å²) in [4.78, 5) is 3.84. The second-order valence-electron chi connectivity index (χ2n) is 4.20. The van der Waals surface area contributed by atoms with E-state index in [1.54, 1.807) is 6.07 Å². The Morgan fingerprint density at radius 1 is 1.21 bits per heavy atom. The van der Waals surface area contributed by atoms with Gasteiger partial charge in [-0.2, -0.15) is 14.0 Å². The number of nitrogens with zero attached hydrogens (tertiary/aromatic N) is 2. The fourth-order valence-electron chi connectivity index (χ4n) is 2.25. The highest BCUT2D eigenvalue weighted by atomic mass is 19.3. The molecule has 94 valence electrons. The van der Waals surface area contributed by atoms with Gasteiger partial charge in [-0.15, -0.1) is 0 Å². The predicted octanol–water partition coefficient (Wildman–Crippen LogP) is 3.08. The van der Waals surface area contributed by atoms with Crippen LogP contribution in [0, 0.1) is 11.3 Å². The third-order valence-corrected chi connectivity index (χ3v) is 3.15. The molecule has 3 rings (SSSR count). The Labute approximate surface area is 108 Å². The van der Waals surface area contributed by atoms with E-state index in [-0.39, 0.29) is 17.1 Å². The minimum absolute atomic E-state index is 0.123. The van der Waals surface area contributed by atoms with Crippen molar-refractivity contribution in [3.8, 4) is 23.1 Å². The number of nitriles is 1. The second-order valence-corrected chi connectivity index (χ2v) is 4.20. The molecular weight excluding hydrogens is 250 g/mol. The van der Waals surface area contributed by atoms with Crippen molar-refractivity contribution in [1.29, 1.82) is 5.26 Å². The third kappa shape index (κ3) is 1.50. The van der Waals surface area contributed by atoms with E-state index in [4.69, 9.17) is 10.00 Å². The molecule has 0 saturated carbocycles. The fraction of sp³-hybridized carbons (Fsp3) is 0.143. The quantitative estimate of drug-likeness (QED) is 0.789. The molecule has 1 aliphatic carbocycles. The monoisotopic (exact) mass is 258 g/mol. The lowest BCUT2D eigenvalue weighted by Crippen LogP contribution is -2.13. The number of methoxy groups -OCH3 is 1. The number of pyridine rings is 1. The Balaban J connectivity index is 2.31. The Hall–Kier alpha value is -2.48. The number of rotatable bonds is 1. The number of ether oxygens (including phenoxy) is 1. The van der Waals surface area contributed by atoms with Crippen LogP contribution < -0.4 is 4.74 Å². The first-order valence-electron chi connectivity index (χ1n) is 5.56. The Morgan fingerprint density at radius 2 is 2.00 bits per heavy atom. The SMILES string of the molecule is COc1ccc2c(n1)C(F)(F)c1ccc(C#N)cc1-2. The standard InChI is InChI=1S/C14H8F2N2O/c1-19-12-5-3-9-10-6-8(7-17)2-4-11(10)14(15,16)13(9)18-12/h2-6H,1H3. The molecule has 19 heavy (non-hydrogen) atoms. The summed E-state index contributed by atoms with van der Waals surface area (Å²) in [5.74, 6) is -3.01. The van der Waals surface area contributed by atoms with Crippen LogP contribution >= 0.6 is 0 Å². The first-order valence-corrected chi connectivity index (χ1v) is 5.56. The molecule has 2 aromatic rings. The number of benzene rings is 1. The van der Waals surface area contributed by atoms with Crippen LogP contribution in [0.4, 0.5) is 8.78 Å². The number of fused-ring (bicyclic) bond motifs is 3. The van der Waals surface area contributed by atoms with Gasteiger partial charge in [0.1, 0.15) is 5.69 Å². The van der Waals surface area contributed by atoms with Gasteiger partial charge in [-0.1, -0.05) is 6.07 Å². The fourth-order valence-corrected chi connectivity index (χ4v) is 2.25. The first kappa shape index (κ1) is 11.6. The van der Waals surface area contributed by atoms with Crippen molar-refractivity contribution in [3.05, 3.63) is 47.2 Å². The number of halogens is 2. The maximum atomic E-state index is 14.3. The molecule has 5 heteroatoms. The summed E-state index contributed by atoms with van der Waals surface area (Å²) in [7, 11) is 1.38. The van der Waals surface area contributed by atoms with Crippen LogP contribution in [0.25, 0.3) is 11.1 Å². The van der Waals surface area contributed by atoms with Gasteiger partial charge in [-0.25, -0.2) is 4.98 Å². The molecular formula is C14H8F2N2O. The van der Waals surface area contributed by atoms with Crippen LogP contribution in [0.5, 0.6) is 5.88 Å². The first-order chi connectivity index (χ1) is 9.07. The summed E-state index contributed by atoms with van der Waals surface area (Å²) in [6.07, 6.45) is 0. The summed E-state index contributed by atoms with van der Waals surface area (Å²) < 4.78 is 33.4. The minimum atomic E-state index is -3.16. The zero-order chi connectivity index (χ0) is 13.6. The van der Waals surface area contributed by atoms with E-state index in [0.29, 0.717) is 16.7 Å². The second kappa shape index (κ2) is 3.75. The van der Waals surface area contributed by atoms with Crippen molar-refractivity contribution in [2.75, 3.05) is 7.11 Å². The van der Waals surface area contributed by atoms with Crippen molar-refractivity contribution >= 4 is 0 Å². The predicted molar refractivity (Wildman–Crippen MR) is 63.9 cm³/mol. The van der Waals surface area contributed by atoms with Crippen LogP contribution in [-0.2, 0) is 5.92 Å². The molecule has 3 nitrogen and oxygen atoms in total. The highest BCUT2D eigenvalue weighted by molar-refractivity contribution is 5.79. The molecule has 0 amide bonds. The molecule has 1 aromatic heterocycles. The van der Waals surface area contributed by atoms with E-state index < -0.39 is 5.92 Å². The van der Waals surface area contributed by atoms with Gasteiger partial charge in [0.25, 0.3) is 0 Å². The van der Waals surface area contributed by atoms with Crippen molar-refractivity contribution in [3.63, 3.8) is 0 Å². The molecule has 1 heterocycles. The van der Waals surface area contributed by atoms with Gasteiger partial charge >= 0.3 is 5.92 Å². The highest BCUT2D eigenvalue weighted by Gasteiger charge is 2.46. The zero-order valence-corrected chi connectivity index (χ0v) is 9.95. The summed E-state index contributed by atoms with van der Waals surface area (Å²) in [5, 5.41) is 8.86. The molecule has 0 aliphatic heterocycles. The summed E-state index contributed by atoms with van der Waals surface area (Å²) in [6, 6.07) is 9.15. The number of hydrogen-bond donors (Lipinski definition) is 0. The lowest BCUT2D eigenvalue weighted by atomic mass is 10.0. The van der Waals surface area contributed by atoms with Gasteiger partial charge in [-0.3, -0.25) is 0 Å². The van der Waals surface area contributed by atoms with Crippen LogP contribution in [-0.4, -0.2) is 12.1 Å². The molecule has 1 aliphatic rings. The smallest absolute Gasteiger partial charge is 0.316 e. The normalized spacial score (nSPS) is 14.4. The highest BCUT2D eigenvalue weighted by Crippen LogP contribution is 2.50. The maximum Gasteiger partial charge on any atom is 0.316 e. The van der Waals surface area contributed by atoms with Gasteiger partial charge in [0.2, 0.25) is 5.88 Å². The van der Waals surface area contributed by atoms with E-state index in [2.05, 4.69) is 4.98 Å². The lowest BCUT2D eigenvalue weighted by Gasteiger charge is -2.11. The molecule has 0 spiro atoms. The summed E-state index contributed by atoms with van der Waals surface area (Å²) in [6.45, 7) is 0. The largest absolute Gasteiger partial charge is 0.481 e. The number of aromatic nitrogens is 1. The average Bonchev–Trinajstić information content (AvgIpc) is 2.66. The molecule has 0 radical (unpaired) electrons. The van der Waals surface area contributed by atoms with Crippen molar-refractivity contribution < 1.29 is 13.5 Å². The van der Waals surface area contributed by atoms with E-state index in [1.807, 2.05) is 6.07 Å². The van der Waals surface area contributed by atoms with Crippen molar-refractivity contribution in [2.45, 2.75) is 5.92 Å². The molecule has 0 bridgehead atoms. The average molecular weight is 258 g/mol. The van der Waals surface area contributed by atoms with Gasteiger partial charge in [0, 0.05) is 17.2 Å². The topological polar surface area (TPSA) is 45.9 Å². The minimum Gasteiger partial charge on any atom is -0.481 e. The molecule has 0 fully saturated rings. The molecule has 0 N–H and O–H groups in total. The van der Waals surface area contributed by atoms with Crippen molar-refractivity contribution in [1.82, 2.24) is 4.98 Å². The zero-order valence-electron chi connectivity index (χ0n) is 9.95.